The monoisotopic (exact) mass is 221 g/mol. The van der Waals surface area contributed by atoms with Crippen LogP contribution in [0.1, 0.15) is 18.4 Å². The average Bonchev–Trinajstić information content (AvgIpc) is 2.90. The third kappa shape index (κ3) is 1.66. The van der Waals surface area contributed by atoms with Crippen LogP contribution in [-0.2, 0) is 6.54 Å². The van der Waals surface area contributed by atoms with Gasteiger partial charge in [-0.05, 0) is 38.8 Å². The summed E-state index contributed by atoms with van der Waals surface area (Å²) in [6.45, 7) is 8.78. The van der Waals surface area contributed by atoms with E-state index in [1.165, 1.54) is 19.6 Å². The summed E-state index contributed by atoms with van der Waals surface area (Å²) in [5, 5.41) is 7.56. The van der Waals surface area contributed by atoms with Crippen molar-refractivity contribution >= 4 is 0 Å². The normalized spacial score (nSPS) is 34.5. The van der Waals surface area contributed by atoms with E-state index in [2.05, 4.69) is 22.3 Å². The van der Waals surface area contributed by atoms with Gasteiger partial charge in [-0.1, -0.05) is 5.16 Å². The van der Waals surface area contributed by atoms with Crippen molar-refractivity contribution in [3.05, 3.63) is 17.5 Å². The molecule has 2 aliphatic rings. The van der Waals surface area contributed by atoms with Gasteiger partial charge in [-0.15, -0.1) is 0 Å². The summed E-state index contributed by atoms with van der Waals surface area (Å²) < 4.78 is 5.12. The molecule has 1 N–H and O–H groups in total. The first kappa shape index (κ1) is 10.3. The Hall–Kier alpha value is -0.870. The molecule has 88 valence electrons. The molecule has 4 nitrogen and oxygen atoms in total. The van der Waals surface area contributed by atoms with Crippen LogP contribution in [0.3, 0.4) is 0 Å². The van der Waals surface area contributed by atoms with E-state index in [-0.39, 0.29) is 0 Å². The minimum atomic E-state index is 0.664. The molecular formula is C12H19N3O. The van der Waals surface area contributed by atoms with Crippen molar-refractivity contribution < 1.29 is 4.52 Å². The summed E-state index contributed by atoms with van der Waals surface area (Å²) in [5.74, 6) is 2.57. The van der Waals surface area contributed by atoms with Crippen molar-refractivity contribution in [2.24, 2.45) is 11.8 Å². The molecule has 3 unspecified atom stereocenters. The fourth-order valence-corrected chi connectivity index (χ4v) is 3.17. The van der Waals surface area contributed by atoms with Gasteiger partial charge in [-0.2, -0.15) is 0 Å². The first-order valence-electron chi connectivity index (χ1n) is 6.11. The van der Waals surface area contributed by atoms with Crippen molar-refractivity contribution in [1.82, 2.24) is 15.4 Å². The third-order valence-corrected chi connectivity index (χ3v) is 4.10. The van der Waals surface area contributed by atoms with Crippen LogP contribution in [0.4, 0.5) is 0 Å². The highest BCUT2D eigenvalue weighted by Gasteiger charge is 2.41. The fraction of sp³-hybridized carbons (Fsp3) is 0.750. The second-order valence-electron chi connectivity index (χ2n) is 5.18. The Bertz CT molecular complexity index is 376. The van der Waals surface area contributed by atoms with Gasteiger partial charge >= 0.3 is 0 Å². The summed E-state index contributed by atoms with van der Waals surface area (Å²) in [4.78, 5) is 2.54. The molecule has 0 bridgehead atoms. The lowest BCUT2D eigenvalue weighted by atomic mass is 9.95. The molecule has 2 fully saturated rings. The Morgan fingerprint density at radius 2 is 2.44 bits per heavy atom. The average molecular weight is 221 g/mol. The van der Waals surface area contributed by atoms with Crippen molar-refractivity contribution in [3.63, 3.8) is 0 Å². The molecule has 16 heavy (non-hydrogen) atoms. The number of hydrogen-bond acceptors (Lipinski definition) is 4. The van der Waals surface area contributed by atoms with E-state index in [1.54, 1.807) is 0 Å². The van der Waals surface area contributed by atoms with Crippen molar-refractivity contribution in [3.8, 4) is 0 Å². The standard InChI is InChI=1S/C12H19N3O/c1-8-3-11(14-16-8)7-15-6-10-4-13-5-12(10)9(15)2/h3,9-10,12-13H,4-7H2,1-2H3. The van der Waals surface area contributed by atoms with Crippen LogP contribution in [0, 0.1) is 18.8 Å². The van der Waals surface area contributed by atoms with Crippen LogP contribution >= 0.6 is 0 Å². The van der Waals surface area contributed by atoms with E-state index in [4.69, 9.17) is 4.52 Å². The molecule has 0 aromatic carbocycles. The summed E-state index contributed by atoms with van der Waals surface area (Å²) in [6, 6.07) is 2.70. The maximum Gasteiger partial charge on any atom is 0.133 e. The van der Waals surface area contributed by atoms with E-state index in [9.17, 15) is 0 Å². The molecule has 1 aromatic rings. The van der Waals surface area contributed by atoms with E-state index < -0.39 is 0 Å². The van der Waals surface area contributed by atoms with Gasteiger partial charge in [-0.25, -0.2) is 0 Å². The van der Waals surface area contributed by atoms with Gasteiger partial charge in [0.05, 0.1) is 5.69 Å². The van der Waals surface area contributed by atoms with Gasteiger partial charge in [0.2, 0.25) is 0 Å². The molecule has 2 saturated heterocycles. The lowest BCUT2D eigenvalue weighted by Gasteiger charge is -2.22. The molecule has 2 aliphatic heterocycles. The number of aryl methyl sites for hydroxylation is 1. The lowest BCUT2D eigenvalue weighted by molar-refractivity contribution is 0.224. The Balaban J connectivity index is 1.68. The number of likely N-dealkylation sites (tertiary alicyclic amines) is 1. The molecule has 0 amide bonds. The topological polar surface area (TPSA) is 41.3 Å². The Labute approximate surface area is 96.0 Å². The maximum atomic E-state index is 5.12. The van der Waals surface area contributed by atoms with E-state index in [1.807, 2.05) is 13.0 Å². The van der Waals surface area contributed by atoms with Crippen LogP contribution in [-0.4, -0.2) is 35.7 Å². The zero-order valence-corrected chi connectivity index (χ0v) is 9.94. The molecular weight excluding hydrogens is 202 g/mol. The second-order valence-corrected chi connectivity index (χ2v) is 5.18. The first-order valence-corrected chi connectivity index (χ1v) is 6.11. The zero-order valence-electron chi connectivity index (χ0n) is 9.94. The molecule has 0 aliphatic carbocycles. The third-order valence-electron chi connectivity index (χ3n) is 4.10. The molecule has 1 aromatic heterocycles. The van der Waals surface area contributed by atoms with E-state index in [0.717, 1.165) is 29.8 Å². The Morgan fingerprint density at radius 1 is 1.56 bits per heavy atom. The number of nitrogens with zero attached hydrogens (tertiary/aromatic N) is 2. The van der Waals surface area contributed by atoms with Crippen molar-refractivity contribution in [2.45, 2.75) is 26.4 Å². The predicted octanol–water partition coefficient (Wildman–Crippen LogP) is 1.02. The molecule has 3 atom stereocenters. The van der Waals surface area contributed by atoms with Gasteiger partial charge in [-0.3, -0.25) is 4.90 Å². The first-order chi connectivity index (χ1) is 7.74. The summed E-state index contributed by atoms with van der Waals surface area (Å²) in [5.41, 5.74) is 1.07. The van der Waals surface area contributed by atoms with Crippen LogP contribution in [0.15, 0.2) is 10.6 Å². The lowest BCUT2D eigenvalue weighted by Crippen LogP contribution is -2.32. The van der Waals surface area contributed by atoms with Crippen LogP contribution < -0.4 is 5.32 Å². The number of fused-ring (bicyclic) bond motifs is 1. The van der Waals surface area contributed by atoms with Gasteiger partial charge in [0, 0.05) is 25.2 Å². The molecule has 4 heteroatoms. The summed E-state index contributed by atoms with van der Waals surface area (Å²) in [6.07, 6.45) is 0. The largest absolute Gasteiger partial charge is 0.361 e. The zero-order chi connectivity index (χ0) is 11.1. The van der Waals surface area contributed by atoms with Gasteiger partial charge < -0.3 is 9.84 Å². The van der Waals surface area contributed by atoms with Crippen molar-refractivity contribution in [1.29, 1.82) is 0 Å². The highest BCUT2D eigenvalue weighted by atomic mass is 16.5. The molecule has 0 spiro atoms. The predicted molar refractivity (Wildman–Crippen MR) is 61.0 cm³/mol. The Kier molecular flexibility index (Phi) is 2.48. The second kappa shape index (κ2) is 3.86. The maximum absolute atomic E-state index is 5.12. The van der Waals surface area contributed by atoms with Gasteiger partial charge in [0.15, 0.2) is 0 Å². The van der Waals surface area contributed by atoms with Gasteiger partial charge in [0.1, 0.15) is 5.76 Å². The SMILES string of the molecule is Cc1cc(CN2CC3CNCC3C2C)no1. The quantitative estimate of drug-likeness (QED) is 0.809. The molecule has 0 radical (unpaired) electrons. The molecule has 0 saturated carbocycles. The fourth-order valence-electron chi connectivity index (χ4n) is 3.17. The molecule has 3 rings (SSSR count). The summed E-state index contributed by atoms with van der Waals surface area (Å²) in [7, 11) is 0. The van der Waals surface area contributed by atoms with Crippen LogP contribution in [0.2, 0.25) is 0 Å². The minimum absolute atomic E-state index is 0.664. The number of hydrogen-bond donors (Lipinski definition) is 1. The highest BCUT2D eigenvalue weighted by molar-refractivity contribution is 5.05. The summed E-state index contributed by atoms with van der Waals surface area (Å²) >= 11 is 0. The van der Waals surface area contributed by atoms with E-state index >= 15 is 0 Å². The highest BCUT2D eigenvalue weighted by Crippen LogP contribution is 2.33. The number of nitrogens with one attached hydrogen (secondary N) is 1. The molecule has 3 heterocycles. The van der Waals surface area contributed by atoms with Crippen LogP contribution in [0.25, 0.3) is 0 Å². The van der Waals surface area contributed by atoms with Gasteiger partial charge in [0.25, 0.3) is 0 Å². The number of aromatic nitrogens is 1. The minimum Gasteiger partial charge on any atom is -0.361 e. The van der Waals surface area contributed by atoms with E-state index in [0.29, 0.717) is 6.04 Å². The Morgan fingerprint density at radius 3 is 3.12 bits per heavy atom. The van der Waals surface area contributed by atoms with Crippen LogP contribution in [0.5, 0.6) is 0 Å². The van der Waals surface area contributed by atoms with Crippen molar-refractivity contribution in [2.75, 3.05) is 19.6 Å². The number of rotatable bonds is 2. The smallest absolute Gasteiger partial charge is 0.133 e.